The van der Waals surface area contributed by atoms with E-state index in [1.807, 2.05) is 42.6 Å². The van der Waals surface area contributed by atoms with E-state index >= 15 is 0 Å². The molecule has 2 aromatic carbocycles. The number of carbonyl (C=O) groups excluding carboxylic acids is 1. The van der Waals surface area contributed by atoms with E-state index in [9.17, 15) is 18.0 Å². The molecule has 1 atom stereocenters. The number of hydrogen-bond donors (Lipinski definition) is 1. The van der Waals surface area contributed by atoms with Crippen molar-refractivity contribution in [2.75, 3.05) is 19.0 Å². The highest BCUT2D eigenvalue weighted by Gasteiger charge is 2.32. The van der Waals surface area contributed by atoms with Gasteiger partial charge in [-0.1, -0.05) is 18.2 Å². The van der Waals surface area contributed by atoms with E-state index in [1.165, 1.54) is 12.1 Å². The molecule has 0 radical (unpaired) electrons. The van der Waals surface area contributed by atoms with Crippen molar-refractivity contribution in [1.29, 1.82) is 0 Å². The largest absolute Gasteiger partial charge is 0.497 e. The Morgan fingerprint density at radius 3 is 2.55 bits per heavy atom. The number of alkyl halides is 3. The summed E-state index contributed by atoms with van der Waals surface area (Å²) in [5.41, 5.74) is 1.14. The van der Waals surface area contributed by atoms with Gasteiger partial charge in [-0.2, -0.15) is 13.2 Å². The third-order valence-electron chi connectivity index (χ3n) is 5.39. The maximum Gasteiger partial charge on any atom is 0.416 e. The van der Waals surface area contributed by atoms with Gasteiger partial charge in [-0.25, -0.2) is 4.79 Å². The first-order valence-electron chi connectivity index (χ1n) is 9.90. The highest BCUT2D eigenvalue weighted by atomic mass is 19.4. The van der Waals surface area contributed by atoms with Crippen molar-refractivity contribution >= 4 is 11.7 Å². The molecule has 1 unspecified atom stereocenters. The molecule has 4 rings (SSSR count). The maximum absolute atomic E-state index is 13.2. The minimum atomic E-state index is -4.48. The van der Waals surface area contributed by atoms with Crippen LogP contribution in [0.15, 0.2) is 66.9 Å². The number of methoxy groups -OCH3 is 1. The number of fused-ring (bicyclic) bond motifs is 1. The highest BCUT2D eigenvalue weighted by Crippen LogP contribution is 2.34. The van der Waals surface area contributed by atoms with Crippen LogP contribution in [0, 0.1) is 0 Å². The van der Waals surface area contributed by atoms with Gasteiger partial charge in [0.25, 0.3) is 0 Å². The Balaban J connectivity index is 1.67. The Labute approximate surface area is 178 Å². The normalized spacial score (nSPS) is 16.4. The molecule has 0 spiro atoms. The van der Waals surface area contributed by atoms with E-state index in [0.717, 1.165) is 36.4 Å². The summed E-state index contributed by atoms with van der Waals surface area (Å²) in [4.78, 5) is 14.9. The highest BCUT2D eigenvalue weighted by molar-refractivity contribution is 5.90. The van der Waals surface area contributed by atoms with Crippen LogP contribution in [0.4, 0.5) is 23.7 Å². The van der Waals surface area contributed by atoms with Crippen molar-refractivity contribution in [3.8, 4) is 5.75 Å². The molecule has 1 aliphatic heterocycles. The van der Waals surface area contributed by atoms with Crippen LogP contribution in [-0.4, -0.2) is 29.2 Å². The van der Waals surface area contributed by atoms with E-state index in [-0.39, 0.29) is 11.7 Å². The lowest BCUT2D eigenvalue weighted by Gasteiger charge is -2.31. The molecule has 3 aromatic rings. The summed E-state index contributed by atoms with van der Waals surface area (Å²) in [5.74, 6) is 0.702. The first kappa shape index (κ1) is 20.8. The molecule has 1 N–H and O–H groups in total. The monoisotopic (exact) mass is 429 g/mol. The number of urea groups is 1. The number of nitrogens with one attached hydrogen (secondary N) is 1. The van der Waals surface area contributed by atoms with Crippen LogP contribution in [0.1, 0.15) is 29.3 Å². The summed E-state index contributed by atoms with van der Waals surface area (Å²) in [6.07, 6.45) is -1.78. The summed E-state index contributed by atoms with van der Waals surface area (Å²) in [7, 11) is 1.58. The molecular formula is C23H22F3N3O2. The lowest BCUT2D eigenvalue weighted by molar-refractivity contribution is -0.137. The van der Waals surface area contributed by atoms with Crippen molar-refractivity contribution in [1.82, 2.24) is 9.47 Å². The van der Waals surface area contributed by atoms with Crippen LogP contribution >= 0.6 is 0 Å². The molecule has 5 nitrogen and oxygen atoms in total. The molecule has 8 heteroatoms. The average Bonchev–Trinajstić information content (AvgIpc) is 3.13. The van der Waals surface area contributed by atoms with Crippen molar-refractivity contribution in [2.24, 2.45) is 0 Å². The number of aromatic nitrogens is 1. The number of nitrogens with zero attached hydrogens (tertiary/aromatic N) is 2. The van der Waals surface area contributed by atoms with Gasteiger partial charge >= 0.3 is 12.2 Å². The summed E-state index contributed by atoms with van der Waals surface area (Å²) in [6.45, 7) is 1.21. The zero-order chi connectivity index (χ0) is 22.0. The van der Waals surface area contributed by atoms with Crippen LogP contribution in [0.5, 0.6) is 5.75 Å². The van der Waals surface area contributed by atoms with Gasteiger partial charge in [0.1, 0.15) is 5.75 Å². The minimum absolute atomic E-state index is 0.105. The first-order chi connectivity index (χ1) is 14.9. The SMILES string of the molecule is COc1ccc(C2c3cccn3CCCN2C(=O)Nc2cccc(C(F)(F)F)c2)cc1. The molecule has 2 heterocycles. The van der Waals surface area contributed by atoms with Crippen LogP contribution in [0.2, 0.25) is 0 Å². The number of rotatable bonds is 3. The Bertz CT molecular complexity index is 1060. The molecule has 0 bridgehead atoms. The number of ether oxygens (including phenoxy) is 1. The molecule has 1 aliphatic rings. The lowest BCUT2D eigenvalue weighted by Crippen LogP contribution is -2.38. The molecule has 0 saturated heterocycles. The van der Waals surface area contributed by atoms with E-state index in [0.29, 0.717) is 12.3 Å². The van der Waals surface area contributed by atoms with Gasteiger partial charge in [-0.15, -0.1) is 0 Å². The topological polar surface area (TPSA) is 46.5 Å². The fraction of sp³-hybridized carbons (Fsp3) is 0.261. The molecule has 1 aromatic heterocycles. The molecule has 0 fully saturated rings. The minimum Gasteiger partial charge on any atom is -0.497 e. The maximum atomic E-state index is 13.2. The summed E-state index contributed by atoms with van der Waals surface area (Å²) >= 11 is 0. The Kier molecular flexibility index (Phi) is 5.63. The Hall–Kier alpha value is -3.42. The summed E-state index contributed by atoms with van der Waals surface area (Å²) < 4.78 is 46.5. The summed E-state index contributed by atoms with van der Waals surface area (Å²) in [5, 5.41) is 2.65. The predicted molar refractivity (Wildman–Crippen MR) is 111 cm³/mol. The average molecular weight is 429 g/mol. The van der Waals surface area contributed by atoms with Crippen molar-refractivity contribution in [3.63, 3.8) is 0 Å². The van der Waals surface area contributed by atoms with Crippen molar-refractivity contribution in [3.05, 3.63) is 83.7 Å². The lowest BCUT2D eigenvalue weighted by atomic mass is 10.0. The van der Waals surface area contributed by atoms with Gasteiger partial charge in [-0.05, 0) is 54.4 Å². The Morgan fingerprint density at radius 2 is 1.84 bits per heavy atom. The van der Waals surface area contributed by atoms with Crippen LogP contribution in [-0.2, 0) is 12.7 Å². The second-order valence-electron chi connectivity index (χ2n) is 7.36. The van der Waals surface area contributed by atoms with Gasteiger partial charge in [0.05, 0.1) is 18.7 Å². The van der Waals surface area contributed by atoms with E-state index in [1.54, 1.807) is 12.0 Å². The van der Waals surface area contributed by atoms with E-state index in [4.69, 9.17) is 4.74 Å². The zero-order valence-electron chi connectivity index (χ0n) is 16.9. The number of amides is 2. The molecule has 162 valence electrons. The predicted octanol–water partition coefficient (Wildman–Crippen LogP) is 5.54. The fourth-order valence-corrected chi connectivity index (χ4v) is 3.90. The first-order valence-corrected chi connectivity index (χ1v) is 9.90. The van der Waals surface area contributed by atoms with Gasteiger partial charge in [0.15, 0.2) is 0 Å². The van der Waals surface area contributed by atoms with E-state index < -0.39 is 17.8 Å². The van der Waals surface area contributed by atoms with E-state index in [2.05, 4.69) is 9.88 Å². The molecule has 31 heavy (non-hydrogen) atoms. The third kappa shape index (κ3) is 4.38. The summed E-state index contributed by atoms with van der Waals surface area (Å²) in [6, 6.07) is 15.2. The number of hydrogen-bond acceptors (Lipinski definition) is 2. The quantitative estimate of drug-likeness (QED) is 0.594. The molecular weight excluding hydrogens is 407 g/mol. The van der Waals surface area contributed by atoms with Crippen molar-refractivity contribution in [2.45, 2.75) is 25.2 Å². The van der Waals surface area contributed by atoms with Crippen LogP contribution in [0.3, 0.4) is 0 Å². The number of carbonyl (C=O) groups is 1. The van der Waals surface area contributed by atoms with Gasteiger partial charge < -0.3 is 19.5 Å². The number of halogens is 3. The number of aryl methyl sites for hydroxylation is 1. The fourth-order valence-electron chi connectivity index (χ4n) is 3.90. The van der Waals surface area contributed by atoms with Crippen LogP contribution in [0.25, 0.3) is 0 Å². The van der Waals surface area contributed by atoms with Crippen molar-refractivity contribution < 1.29 is 22.7 Å². The molecule has 0 saturated carbocycles. The zero-order valence-corrected chi connectivity index (χ0v) is 16.9. The second-order valence-corrected chi connectivity index (χ2v) is 7.36. The van der Waals surface area contributed by atoms with Gasteiger partial charge in [0, 0.05) is 30.7 Å². The third-order valence-corrected chi connectivity index (χ3v) is 5.39. The van der Waals surface area contributed by atoms with Gasteiger partial charge in [0.2, 0.25) is 0 Å². The number of benzene rings is 2. The van der Waals surface area contributed by atoms with Gasteiger partial charge in [-0.3, -0.25) is 0 Å². The Morgan fingerprint density at radius 1 is 1.06 bits per heavy atom. The van der Waals surface area contributed by atoms with Crippen LogP contribution < -0.4 is 10.1 Å². The molecule has 0 aliphatic carbocycles. The smallest absolute Gasteiger partial charge is 0.416 e. The number of anilines is 1. The second kappa shape index (κ2) is 8.37. The molecule has 2 amide bonds. The standard InChI is InChI=1S/C23H22F3N3O2/c1-31-19-10-8-16(9-11-19)21-20-7-3-12-28(20)13-4-14-29(21)22(30)27-18-6-2-5-17(15-18)23(24,25)26/h2-3,5-12,15,21H,4,13-14H2,1H3,(H,27,30).